The minimum atomic E-state index is -0.894. The van der Waals surface area contributed by atoms with Crippen molar-refractivity contribution in [3.8, 4) is 0 Å². The van der Waals surface area contributed by atoms with Crippen LogP contribution in [0.4, 0.5) is 11.6 Å². The SMILES string of the molecule is CC1(CCc2ccc3ccc(N)nc3c2)C[C@@H](n2ccc3c(N)ncnc32)[C@H](O)[C@@H]1O. The molecule has 0 amide bonds. The number of aliphatic hydroxyl groups is 2. The molecule has 1 aliphatic carbocycles. The van der Waals surface area contributed by atoms with Gasteiger partial charge >= 0.3 is 0 Å². The summed E-state index contributed by atoms with van der Waals surface area (Å²) in [5, 5.41) is 23.6. The van der Waals surface area contributed by atoms with Crippen molar-refractivity contribution in [3.63, 3.8) is 0 Å². The van der Waals surface area contributed by atoms with Crippen molar-refractivity contribution in [2.45, 2.75) is 44.4 Å². The van der Waals surface area contributed by atoms with E-state index in [1.165, 1.54) is 6.33 Å². The second kappa shape index (κ2) is 7.18. The normalized spacial score (nSPS) is 26.1. The summed E-state index contributed by atoms with van der Waals surface area (Å²) in [6.07, 6.45) is 3.67. The molecule has 0 saturated heterocycles. The second-order valence-electron chi connectivity index (χ2n) is 8.84. The summed E-state index contributed by atoms with van der Waals surface area (Å²) in [4.78, 5) is 12.8. The van der Waals surface area contributed by atoms with Crippen molar-refractivity contribution in [2.75, 3.05) is 11.5 Å². The van der Waals surface area contributed by atoms with Gasteiger partial charge in [-0.15, -0.1) is 0 Å². The average molecular weight is 419 g/mol. The fourth-order valence-corrected chi connectivity index (χ4v) is 4.88. The molecular weight excluding hydrogens is 392 g/mol. The molecule has 1 aromatic carbocycles. The van der Waals surface area contributed by atoms with Crippen molar-refractivity contribution >= 4 is 33.6 Å². The van der Waals surface area contributed by atoms with E-state index >= 15 is 0 Å². The van der Waals surface area contributed by atoms with Crippen LogP contribution in [0.1, 0.15) is 31.4 Å². The quantitative estimate of drug-likeness (QED) is 0.400. The number of pyridine rings is 1. The number of anilines is 2. The molecule has 8 nitrogen and oxygen atoms in total. The first kappa shape index (κ1) is 19.7. The van der Waals surface area contributed by atoms with E-state index < -0.39 is 17.6 Å². The minimum Gasteiger partial charge on any atom is -0.390 e. The highest BCUT2D eigenvalue weighted by Gasteiger charge is 2.50. The summed E-state index contributed by atoms with van der Waals surface area (Å²) in [5.41, 5.74) is 14.0. The van der Waals surface area contributed by atoms with Gasteiger partial charge in [0.1, 0.15) is 29.7 Å². The number of hydrogen-bond acceptors (Lipinski definition) is 7. The van der Waals surface area contributed by atoms with Gasteiger partial charge in [0.15, 0.2) is 0 Å². The number of rotatable bonds is 4. The maximum atomic E-state index is 10.9. The monoisotopic (exact) mass is 418 g/mol. The zero-order valence-electron chi connectivity index (χ0n) is 17.3. The van der Waals surface area contributed by atoms with Crippen molar-refractivity contribution in [1.82, 2.24) is 19.5 Å². The van der Waals surface area contributed by atoms with Gasteiger partial charge in [-0.1, -0.05) is 19.1 Å². The number of hydrogen-bond donors (Lipinski definition) is 4. The Balaban J connectivity index is 1.39. The number of nitrogen functional groups attached to an aromatic ring is 2. The maximum absolute atomic E-state index is 10.9. The molecule has 4 aromatic rings. The fourth-order valence-electron chi connectivity index (χ4n) is 4.88. The Kier molecular flexibility index (Phi) is 4.56. The van der Waals surface area contributed by atoms with Crippen LogP contribution < -0.4 is 11.5 Å². The molecule has 4 atom stereocenters. The van der Waals surface area contributed by atoms with Gasteiger partial charge in [-0.25, -0.2) is 15.0 Å². The summed E-state index contributed by atoms with van der Waals surface area (Å²) < 4.78 is 1.91. The highest BCUT2D eigenvalue weighted by Crippen LogP contribution is 2.48. The van der Waals surface area contributed by atoms with E-state index in [4.69, 9.17) is 11.5 Å². The Bertz CT molecular complexity index is 1270. The summed E-state index contributed by atoms with van der Waals surface area (Å²) in [7, 11) is 0. The number of fused-ring (bicyclic) bond motifs is 2. The van der Waals surface area contributed by atoms with Crippen LogP contribution >= 0.6 is 0 Å². The van der Waals surface area contributed by atoms with Gasteiger partial charge in [0.25, 0.3) is 0 Å². The first-order valence-electron chi connectivity index (χ1n) is 10.4. The van der Waals surface area contributed by atoms with Crippen LogP contribution in [0.3, 0.4) is 0 Å². The summed E-state index contributed by atoms with van der Waals surface area (Å²) in [5.74, 6) is 0.905. The molecule has 0 spiro atoms. The van der Waals surface area contributed by atoms with Crippen molar-refractivity contribution in [3.05, 3.63) is 54.5 Å². The standard InChI is InChI=1S/C23H26N6O2/c1-23(8-6-13-2-3-14-4-5-18(24)28-16(14)10-13)11-17(19(30)20(23)31)29-9-7-15-21(25)26-12-27-22(15)29/h2-5,7,9-10,12,17,19-20,30-31H,6,8,11H2,1H3,(H2,24,28)(H2,25,26,27)/t17-,19+,20+,23?/m1/s1. The Hall–Kier alpha value is -3.23. The lowest BCUT2D eigenvalue weighted by molar-refractivity contribution is -0.0241. The van der Waals surface area contributed by atoms with Gasteiger partial charge in [0.05, 0.1) is 23.0 Å². The molecule has 160 valence electrons. The molecule has 0 radical (unpaired) electrons. The Labute approximate surface area is 179 Å². The molecule has 1 unspecified atom stereocenters. The first-order chi connectivity index (χ1) is 14.9. The molecule has 8 heteroatoms. The van der Waals surface area contributed by atoms with Crippen LogP contribution in [0.15, 0.2) is 48.9 Å². The Morgan fingerprint density at radius 2 is 1.94 bits per heavy atom. The van der Waals surface area contributed by atoms with Gasteiger partial charge in [-0.2, -0.15) is 0 Å². The minimum absolute atomic E-state index is 0.287. The lowest BCUT2D eigenvalue weighted by Gasteiger charge is -2.28. The van der Waals surface area contributed by atoms with Gasteiger partial charge < -0.3 is 26.2 Å². The number of aromatic nitrogens is 4. The molecule has 1 fully saturated rings. The first-order valence-corrected chi connectivity index (χ1v) is 10.4. The third-order valence-corrected chi connectivity index (χ3v) is 6.77. The molecule has 3 heterocycles. The molecule has 5 rings (SSSR count). The molecule has 0 aliphatic heterocycles. The lowest BCUT2D eigenvalue weighted by atomic mass is 9.80. The largest absolute Gasteiger partial charge is 0.390 e. The topological polar surface area (TPSA) is 136 Å². The van der Waals surface area contributed by atoms with Crippen molar-refractivity contribution in [2.24, 2.45) is 5.41 Å². The molecule has 6 N–H and O–H groups in total. The third-order valence-electron chi connectivity index (χ3n) is 6.77. The number of nitrogens with zero attached hydrogens (tertiary/aromatic N) is 4. The van der Waals surface area contributed by atoms with Gasteiger partial charge in [0.2, 0.25) is 0 Å². The third kappa shape index (κ3) is 3.28. The zero-order valence-corrected chi connectivity index (χ0v) is 17.3. The fraction of sp³-hybridized carbons (Fsp3) is 0.348. The molecule has 0 bridgehead atoms. The predicted molar refractivity (Wildman–Crippen MR) is 120 cm³/mol. The highest BCUT2D eigenvalue weighted by atomic mass is 16.3. The summed E-state index contributed by atoms with van der Waals surface area (Å²) >= 11 is 0. The molecule has 1 aliphatic rings. The summed E-state index contributed by atoms with van der Waals surface area (Å²) in [6, 6.07) is 11.5. The second-order valence-corrected chi connectivity index (χ2v) is 8.84. The van der Waals surface area contributed by atoms with Gasteiger partial charge in [-0.3, -0.25) is 0 Å². The van der Waals surface area contributed by atoms with E-state index in [0.717, 1.165) is 34.7 Å². The Morgan fingerprint density at radius 1 is 1.13 bits per heavy atom. The Morgan fingerprint density at radius 3 is 2.77 bits per heavy atom. The van der Waals surface area contributed by atoms with E-state index in [2.05, 4.69) is 21.0 Å². The van der Waals surface area contributed by atoms with E-state index in [0.29, 0.717) is 23.7 Å². The van der Waals surface area contributed by atoms with E-state index in [-0.39, 0.29) is 6.04 Å². The zero-order chi connectivity index (χ0) is 21.8. The summed E-state index contributed by atoms with van der Waals surface area (Å²) in [6.45, 7) is 2.03. The van der Waals surface area contributed by atoms with Crippen LogP contribution in [0, 0.1) is 5.41 Å². The smallest absolute Gasteiger partial charge is 0.145 e. The van der Waals surface area contributed by atoms with E-state index in [1.54, 1.807) is 6.07 Å². The van der Waals surface area contributed by atoms with E-state index in [9.17, 15) is 10.2 Å². The number of aryl methyl sites for hydroxylation is 1. The lowest BCUT2D eigenvalue weighted by Crippen LogP contribution is -2.35. The number of benzene rings is 1. The number of aliphatic hydroxyl groups excluding tert-OH is 2. The molecule has 1 saturated carbocycles. The van der Waals surface area contributed by atoms with Gasteiger partial charge in [0, 0.05) is 11.6 Å². The van der Waals surface area contributed by atoms with Gasteiger partial charge in [-0.05, 0) is 54.5 Å². The van der Waals surface area contributed by atoms with Crippen LogP contribution in [0.5, 0.6) is 0 Å². The van der Waals surface area contributed by atoms with Crippen molar-refractivity contribution in [1.29, 1.82) is 0 Å². The van der Waals surface area contributed by atoms with E-state index in [1.807, 2.05) is 42.0 Å². The van der Waals surface area contributed by atoms with Crippen molar-refractivity contribution < 1.29 is 10.2 Å². The molecule has 3 aromatic heterocycles. The maximum Gasteiger partial charge on any atom is 0.145 e. The number of nitrogens with two attached hydrogens (primary N) is 2. The molecule has 31 heavy (non-hydrogen) atoms. The van der Waals surface area contributed by atoms with Crippen LogP contribution in [0.25, 0.3) is 21.9 Å². The highest BCUT2D eigenvalue weighted by molar-refractivity contribution is 5.86. The van der Waals surface area contributed by atoms with Crippen LogP contribution in [-0.4, -0.2) is 41.9 Å². The predicted octanol–water partition coefficient (Wildman–Crippen LogP) is 2.45. The van der Waals surface area contributed by atoms with Crippen LogP contribution in [0.2, 0.25) is 0 Å². The van der Waals surface area contributed by atoms with Crippen LogP contribution in [-0.2, 0) is 6.42 Å². The average Bonchev–Trinajstić information content (AvgIpc) is 3.28. The molecular formula is C23H26N6O2.